The quantitative estimate of drug-likeness (QED) is 0.871. The van der Waals surface area contributed by atoms with Crippen LogP contribution in [0.3, 0.4) is 0 Å². The lowest BCUT2D eigenvalue weighted by atomic mass is 9.92. The molecule has 0 spiro atoms. The van der Waals surface area contributed by atoms with E-state index < -0.39 is 5.82 Å². The van der Waals surface area contributed by atoms with E-state index in [2.05, 4.69) is 20.3 Å². The highest BCUT2D eigenvalue weighted by Gasteiger charge is 2.27. The molecule has 0 bridgehead atoms. The Morgan fingerprint density at radius 3 is 2.64 bits per heavy atom. The number of halogens is 1. The van der Waals surface area contributed by atoms with Crippen LogP contribution in [0.4, 0.5) is 10.3 Å². The minimum Gasteiger partial charge on any atom is -0.351 e. The first-order chi connectivity index (χ1) is 12.1. The molecule has 6 nitrogen and oxygen atoms in total. The van der Waals surface area contributed by atoms with Gasteiger partial charge in [0.2, 0.25) is 5.95 Å². The lowest BCUT2D eigenvalue weighted by Gasteiger charge is -2.26. The SMILES string of the molecule is Cn1cnc(-c2nc(N[C@H]3CC[C@H](N)CC3)ncc2F)c1CC1CC1. The van der Waals surface area contributed by atoms with Crippen molar-refractivity contribution >= 4 is 5.95 Å². The zero-order valence-electron chi connectivity index (χ0n) is 14.6. The van der Waals surface area contributed by atoms with Crippen molar-refractivity contribution in [2.45, 2.75) is 57.0 Å². The topological polar surface area (TPSA) is 81.7 Å². The molecule has 2 heterocycles. The molecule has 2 aromatic heterocycles. The summed E-state index contributed by atoms with van der Waals surface area (Å²) in [5.41, 5.74) is 7.94. The fourth-order valence-corrected chi connectivity index (χ4v) is 3.54. The second-order valence-electron chi connectivity index (χ2n) is 7.44. The molecule has 4 rings (SSSR count). The van der Waals surface area contributed by atoms with Crippen LogP contribution in [0.1, 0.15) is 44.2 Å². The third kappa shape index (κ3) is 3.66. The standard InChI is InChI=1S/C18H25FN6/c1-25-10-22-17(15(25)8-11-2-3-11)16-14(19)9-21-18(24-16)23-13-6-4-12(20)5-7-13/h9-13H,2-8,20H2,1H3,(H,21,23,24)/t12-,13-. The molecular weight excluding hydrogens is 319 g/mol. The van der Waals surface area contributed by atoms with E-state index in [0.29, 0.717) is 35.3 Å². The molecule has 25 heavy (non-hydrogen) atoms. The summed E-state index contributed by atoms with van der Waals surface area (Å²) < 4.78 is 16.4. The van der Waals surface area contributed by atoms with Gasteiger partial charge in [-0.2, -0.15) is 0 Å². The van der Waals surface area contributed by atoms with Gasteiger partial charge in [0.25, 0.3) is 0 Å². The molecule has 134 valence electrons. The first-order valence-corrected chi connectivity index (χ1v) is 9.15. The Bertz CT molecular complexity index is 746. The molecular formula is C18H25FN6. The van der Waals surface area contributed by atoms with Gasteiger partial charge in [-0.3, -0.25) is 0 Å². The second kappa shape index (κ2) is 6.71. The monoisotopic (exact) mass is 344 g/mol. The Labute approximate surface area is 147 Å². The minimum absolute atomic E-state index is 0.293. The Morgan fingerprint density at radius 1 is 1.16 bits per heavy atom. The number of anilines is 1. The Balaban J connectivity index is 1.57. The molecule has 0 aliphatic heterocycles. The number of aromatic nitrogens is 4. The number of nitrogens with zero attached hydrogens (tertiary/aromatic N) is 4. The van der Waals surface area contributed by atoms with Gasteiger partial charge in [0.05, 0.1) is 12.5 Å². The van der Waals surface area contributed by atoms with E-state index >= 15 is 0 Å². The number of hydrogen-bond acceptors (Lipinski definition) is 5. The number of rotatable bonds is 5. The zero-order valence-corrected chi connectivity index (χ0v) is 14.6. The molecule has 0 saturated heterocycles. The van der Waals surface area contributed by atoms with E-state index in [1.165, 1.54) is 19.0 Å². The molecule has 0 aromatic carbocycles. The van der Waals surface area contributed by atoms with Gasteiger partial charge < -0.3 is 15.6 Å². The van der Waals surface area contributed by atoms with Crippen molar-refractivity contribution in [1.82, 2.24) is 19.5 Å². The van der Waals surface area contributed by atoms with Crippen LogP contribution in [0.2, 0.25) is 0 Å². The van der Waals surface area contributed by atoms with Crippen molar-refractivity contribution in [3.63, 3.8) is 0 Å². The van der Waals surface area contributed by atoms with Crippen LogP contribution >= 0.6 is 0 Å². The summed E-state index contributed by atoms with van der Waals surface area (Å²) in [7, 11) is 1.96. The molecule has 0 radical (unpaired) electrons. The summed E-state index contributed by atoms with van der Waals surface area (Å²) in [6.45, 7) is 0. The van der Waals surface area contributed by atoms with Crippen molar-refractivity contribution < 1.29 is 4.39 Å². The molecule has 2 saturated carbocycles. The van der Waals surface area contributed by atoms with Crippen LogP contribution in [0, 0.1) is 11.7 Å². The highest BCUT2D eigenvalue weighted by Crippen LogP contribution is 2.35. The van der Waals surface area contributed by atoms with Gasteiger partial charge in [-0.15, -0.1) is 0 Å². The van der Waals surface area contributed by atoms with Gasteiger partial charge in [0.15, 0.2) is 5.82 Å². The van der Waals surface area contributed by atoms with Crippen LogP contribution in [-0.2, 0) is 13.5 Å². The Kier molecular flexibility index (Phi) is 4.41. The van der Waals surface area contributed by atoms with Crippen molar-refractivity contribution in [2.24, 2.45) is 18.7 Å². The molecule has 0 atom stereocenters. The molecule has 2 aliphatic carbocycles. The predicted octanol–water partition coefficient (Wildman–Crippen LogP) is 2.65. The predicted molar refractivity (Wildman–Crippen MR) is 94.5 cm³/mol. The molecule has 7 heteroatoms. The highest BCUT2D eigenvalue weighted by molar-refractivity contribution is 5.59. The first-order valence-electron chi connectivity index (χ1n) is 9.15. The maximum absolute atomic E-state index is 14.4. The van der Waals surface area contributed by atoms with E-state index in [9.17, 15) is 4.39 Å². The molecule has 2 fully saturated rings. The molecule has 0 unspecified atom stereocenters. The third-order valence-electron chi connectivity index (χ3n) is 5.31. The zero-order chi connectivity index (χ0) is 17.4. The fourth-order valence-electron chi connectivity index (χ4n) is 3.54. The third-order valence-corrected chi connectivity index (χ3v) is 5.31. The number of hydrogen-bond donors (Lipinski definition) is 2. The smallest absolute Gasteiger partial charge is 0.223 e. The second-order valence-corrected chi connectivity index (χ2v) is 7.44. The van der Waals surface area contributed by atoms with Crippen molar-refractivity contribution in [3.05, 3.63) is 24.0 Å². The van der Waals surface area contributed by atoms with Crippen LogP contribution in [0.5, 0.6) is 0 Å². The number of imidazole rings is 1. The summed E-state index contributed by atoms with van der Waals surface area (Å²) in [5, 5.41) is 3.34. The van der Waals surface area contributed by atoms with Crippen LogP contribution in [-0.4, -0.2) is 31.6 Å². The first kappa shape index (κ1) is 16.4. The maximum atomic E-state index is 14.4. The Morgan fingerprint density at radius 2 is 1.92 bits per heavy atom. The molecule has 0 amide bonds. The minimum atomic E-state index is -0.424. The number of nitrogens with one attached hydrogen (secondary N) is 1. The normalized spacial score (nSPS) is 23.6. The number of nitrogens with two attached hydrogens (primary N) is 1. The van der Waals surface area contributed by atoms with E-state index in [4.69, 9.17) is 5.73 Å². The average molecular weight is 344 g/mol. The maximum Gasteiger partial charge on any atom is 0.223 e. The van der Waals surface area contributed by atoms with Gasteiger partial charge in [-0.25, -0.2) is 19.3 Å². The van der Waals surface area contributed by atoms with E-state index in [1.807, 2.05) is 11.6 Å². The van der Waals surface area contributed by atoms with Gasteiger partial charge in [-0.1, -0.05) is 0 Å². The van der Waals surface area contributed by atoms with E-state index in [1.54, 1.807) is 6.33 Å². The van der Waals surface area contributed by atoms with Crippen molar-refractivity contribution in [1.29, 1.82) is 0 Å². The van der Waals surface area contributed by atoms with Crippen LogP contribution in [0.25, 0.3) is 11.4 Å². The summed E-state index contributed by atoms with van der Waals surface area (Å²) in [6, 6.07) is 0.592. The largest absolute Gasteiger partial charge is 0.351 e. The van der Waals surface area contributed by atoms with Gasteiger partial charge in [0, 0.05) is 24.8 Å². The average Bonchev–Trinajstić information content (AvgIpc) is 3.35. The summed E-state index contributed by atoms with van der Waals surface area (Å²) in [6.07, 6.45) is 10.4. The summed E-state index contributed by atoms with van der Waals surface area (Å²) in [4.78, 5) is 13.0. The summed E-state index contributed by atoms with van der Waals surface area (Å²) >= 11 is 0. The van der Waals surface area contributed by atoms with Crippen LogP contribution < -0.4 is 11.1 Å². The molecule has 2 aromatic rings. The van der Waals surface area contributed by atoms with Gasteiger partial charge in [0.1, 0.15) is 11.4 Å². The fraction of sp³-hybridized carbons (Fsp3) is 0.611. The lowest BCUT2D eigenvalue weighted by molar-refractivity contribution is 0.409. The van der Waals surface area contributed by atoms with E-state index in [0.717, 1.165) is 37.8 Å². The number of aryl methyl sites for hydroxylation is 1. The molecule has 2 aliphatic rings. The van der Waals surface area contributed by atoms with Gasteiger partial charge in [-0.05, 0) is 50.9 Å². The highest BCUT2D eigenvalue weighted by atomic mass is 19.1. The van der Waals surface area contributed by atoms with E-state index in [-0.39, 0.29) is 0 Å². The lowest BCUT2D eigenvalue weighted by Crippen LogP contribution is -2.33. The summed E-state index contributed by atoms with van der Waals surface area (Å²) in [5.74, 6) is 0.745. The van der Waals surface area contributed by atoms with Gasteiger partial charge >= 0.3 is 0 Å². The Hall–Kier alpha value is -2.02. The van der Waals surface area contributed by atoms with Crippen molar-refractivity contribution in [2.75, 3.05) is 5.32 Å². The molecule has 3 N–H and O–H groups in total. The van der Waals surface area contributed by atoms with Crippen LogP contribution in [0.15, 0.2) is 12.5 Å². The van der Waals surface area contributed by atoms with Crippen molar-refractivity contribution in [3.8, 4) is 11.4 Å².